The van der Waals surface area contributed by atoms with Crippen molar-refractivity contribution in [3.8, 4) is 0 Å². The van der Waals surface area contributed by atoms with Crippen molar-refractivity contribution in [1.29, 1.82) is 0 Å². The standard InChI is InChI=1S/C31H26N2.C2H6/c1-19-11-3-4-12-21(19)29-28(20(2)22-13-7-9-17-26(22)32)23-14-5-6-15-24(23)31-30(29)25-16-8-10-18-27(25)33-31;1-2/h3,5-11,13-18,33H,2,4,12,32H2,1H3;1-2H3. The Morgan fingerprint density at radius 3 is 2.26 bits per heavy atom. The van der Waals surface area contributed by atoms with Gasteiger partial charge in [0, 0.05) is 32.9 Å². The number of aromatic nitrogens is 1. The maximum Gasteiger partial charge on any atom is 0.0551 e. The summed E-state index contributed by atoms with van der Waals surface area (Å²) < 4.78 is 0. The number of nitrogen functional groups attached to an aromatic ring is 1. The predicted octanol–water partition coefficient (Wildman–Crippen LogP) is 9.27. The summed E-state index contributed by atoms with van der Waals surface area (Å²) in [5, 5.41) is 4.94. The second-order valence-corrected chi connectivity index (χ2v) is 8.88. The zero-order valence-electron chi connectivity index (χ0n) is 20.8. The monoisotopic (exact) mass is 456 g/mol. The molecule has 174 valence electrons. The molecule has 0 bridgehead atoms. The molecule has 0 amide bonds. The highest BCUT2D eigenvalue weighted by Crippen LogP contribution is 2.46. The van der Waals surface area contributed by atoms with E-state index < -0.39 is 0 Å². The van der Waals surface area contributed by atoms with Crippen LogP contribution in [-0.4, -0.2) is 4.98 Å². The Bertz CT molecular complexity index is 1640. The second-order valence-electron chi connectivity index (χ2n) is 8.88. The number of aromatic amines is 1. The van der Waals surface area contributed by atoms with Crippen LogP contribution in [0.3, 0.4) is 0 Å². The van der Waals surface area contributed by atoms with E-state index in [0.29, 0.717) is 0 Å². The molecule has 0 unspecified atom stereocenters. The number of rotatable bonds is 3. The normalized spacial score (nSPS) is 13.3. The second kappa shape index (κ2) is 9.31. The lowest BCUT2D eigenvalue weighted by Crippen LogP contribution is -2.02. The quantitative estimate of drug-likeness (QED) is 0.261. The molecule has 0 saturated heterocycles. The summed E-state index contributed by atoms with van der Waals surface area (Å²) in [5.41, 5.74) is 16.7. The molecule has 4 aromatic carbocycles. The molecule has 5 aromatic rings. The molecule has 1 aromatic heterocycles. The van der Waals surface area contributed by atoms with Gasteiger partial charge in [0.25, 0.3) is 0 Å². The van der Waals surface area contributed by atoms with Gasteiger partial charge in [-0.1, -0.05) is 93.2 Å². The number of hydrogen-bond donors (Lipinski definition) is 2. The summed E-state index contributed by atoms with van der Waals surface area (Å²) in [5.74, 6) is 0. The van der Waals surface area contributed by atoms with Gasteiger partial charge < -0.3 is 10.7 Å². The first kappa shape index (κ1) is 22.7. The van der Waals surface area contributed by atoms with E-state index in [0.717, 1.165) is 35.2 Å². The molecular weight excluding hydrogens is 424 g/mol. The molecule has 6 rings (SSSR count). The third-order valence-corrected chi connectivity index (χ3v) is 6.97. The van der Waals surface area contributed by atoms with E-state index in [4.69, 9.17) is 5.73 Å². The summed E-state index contributed by atoms with van der Waals surface area (Å²) in [4.78, 5) is 3.74. The van der Waals surface area contributed by atoms with Crippen LogP contribution < -0.4 is 5.73 Å². The zero-order chi connectivity index (χ0) is 24.5. The Hall–Kier alpha value is -4.04. The fourth-order valence-electron chi connectivity index (χ4n) is 5.41. The van der Waals surface area contributed by atoms with Crippen LogP contribution >= 0.6 is 0 Å². The van der Waals surface area contributed by atoms with Crippen LogP contribution in [0.4, 0.5) is 5.69 Å². The van der Waals surface area contributed by atoms with Crippen molar-refractivity contribution in [3.05, 3.63) is 114 Å². The Kier molecular flexibility index (Phi) is 6.05. The summed E-state index contributed by atoms with van der Waals surface area (Å²) in [6, 6.07) is 25.3. The number of nitrogens with two attached hydrogens (primary N) is 1. The van der Waals surface area contributed by atoms with Crippen LogP contribution in [0.25, 0.3) is 43.7 Å². The Morgan fingerprint density at radius 1 is 0.857 bits per heavy atom. The van der Waals surface area contributed by atoms with Crippen LogP contribution in [0, 0.1) is 0 Å². The molecule has 1 aliphatic rings. The first-order chi connectivity index (χ1) is 17.1. The summed E-state index contributed by atoms with van der Waals surface area (Å²) >= 11 is 0. The lowest BCUT2D eigenvalue weighted by Gasteiger charge is -2.23. The van der Waals surface area contributed by atoms with Crippen LogP contribution in [0.2, 0.25) is 0 Å². The minimum atomic E-state index is 0.755. The highest BCUT2D eigenvalue weighted by atomic mass is 14.7. The summed E-state index contributed by atoms with van der Waals surface area (Å²) in [7, 11) is 0. The lowest BCUT2D eigenvalue weighted by molar-refractivity contribution is 1.04. The van der Waals surface area contributed by atoms with E-state index >= 15 is 0 Å². The van der Waals surface area contributed by atoms with E-state index in [1.807, 2.05) is 32.0 Å². The van der Waals surface area contributed by atoms with Crippen molar-refractivity contribution >= 4 is 49.4 Å². The van der Waals surface area contributed by atoms with Gasteiger partial charge in [-0.3, -0.25) is 0 Å². The number of H-pyrrole nitrogens is 1. The zero-order valence-corrected chi connectivity index (χ0v) is 20.8. The molecule has 0 radical (unpaired) electrons. The number of fused-ring (bicyclic) bond motifs is 5. The molecule has 0 fully saturated rings. The molecule has 0 spiro atoms. The number of nitrogens with one attached hydrogen (secondary N) is 1. The molecule has 3 N–H and O–H groups in total. The predicted molar refractivity (Wildman–Crippen MR) is 155 cm³/mol. The van der Waals surface area contributed by atoms with Crippen molar-refractivity contribution in [1.82, 2.24) is 4.98 Å². The maximum atomic E-state index is 6.45. The molecule has 1 aliphatic carbocycles. The number of allylic oxidation sites excluding steroid dienone is 4. The van der Waals surface area contributed by atoms with Gasteiger partial charge in [0.1, 0.15) is 0 Å². The number of benzene rings is 4. The van der Waals surface area contributed by atoms with Gasteiger partial charge in [-0.15, -0.1) is 0 Å². The molecule has 0 saturated carbocycles. The van der Waals surface area contributed by atoms with Gasteiger partial charge in [-0.2, -0.15) is 0 Å². The van der Waals surface area contributed by atoms with Crippen LogP contribution in [0.1, 0.15) is 50.3 Å². The highest BCUT2D eigenvalue weighted by Gasteiger charge is 2.24. The maximum absolute atomic E-state index is 6.45. The lowest BCUT2D eigenvalue weighted by atomic mass is 9.80. The van der Waals surface area contributed by atoms with E-state index in [1.54, 1.807) is 0 Å². The van der Waals surface area contributed by atoms with Crippen LogP contribution in [-0.2, 0) is 0 Å². The van der Waals surface area contributed by atoms with Crippen molar-refractivity contribution in [2.45, 2.75) is 33.6 Å². The molecular formula is C33H32N2. The minimum Gasteiger partial charge on any atom is -0.398 e. The first-order valence-corrected chi connectivity index (χ1v) is 12.5. The van der Waals surface area contributed by atoms with Gasteiger partial charge in [0.15, 0.2) is 0 Å². The topological polar surface area (TPSA) is 41.8 Å². The first-order valence-electron chi connectivity index (χ1n) is 12.5. The van der Waals surface area contributed by atoms with E-state index in [2.05, 4.69) is 85.2 Å². The van der Waals surface area contributed by atoms with Gasteiger partial charge in [0.2, 0.25) is 0 Å². The third-order valence-electron chi connectivity index (χ3n) is 6.97. The fourth-order valence-corrected chi connectivity index (χ4v) is 5.41. The van der Waals surface area contributed by atoms with Gasteiger partial charge in [0.05, 0.1) is 5.52 Å². The van der Waals surface area contributed by atoms with Crippen LogP contribution in [0.5, 0.6) is 0 Å². The molecule has 2 nitrogen and oxygen atoms in total. The molecule has 2 heteroatoms. The van der Waals surface area contributed by atoms with Gasteiger partial charge >= 0.3 is 0 Å². The van der Waals surface area contributed by atoms with E-state index in [-0.39, 0.29) is 0 Å². The van der Waals surface area contributed by atoms with Crippen molar-refractivity contribution in [3.63, 3.8) is 0 Å². The molecule has 0 aliphatic heterocycles. The SMILES string of the molecule is C=C(c1ccccc1N)c1c(C2=C(C)C=CCC2)c2c3ccccc3[nH]c2c2ccccc12.CC. The fraction of sp³-hybridized carbons (Fsp3) is 0.152. The Morgan fingerprint density at radius 2 is 1.51 bits per heavy atom. The summed E-state index contributed by atoms with van der Waals surface area (Å²) in [6.45, 7) is 10.9. The minimum absolute atomic E-state index is 0.755. The average molecular weight is 457 g/mol. The number of anilines is 1. The highest BCUT2D eigenvalue weighted by molar-refractivity contribution is 6.24. The van der Waals surface area contributed by atoms with Gasteiger partial charge in [-0.05, 0) is 65.1 Å². The van der Waals surface area contributed by atoms with Crippen molar-refractivity contribution in [2.75, 3.05) is 5.73 Å². The van der Waals surface area contributed by atoms with Crippen molar-refractivity contribution < 1.29 is 0 Å². The molecule has 1 heterocycles. The van der Waals surface area contributed by atoms with Gasteiger partial charge in [-0.25, -0.2) is 0 Å². The molecule has 35 heavy (non-hydrogen) atoms. The largest absolute Gasteiger partial charge is 0.398 e. The number of hydrogen-bond acceptors (Lipinski definition) is 1. The third kappa shape index (κ3) is 3.66. The smallest absolute Gasteiger partial charge is 0.0551 e. The number of para-hydroxylation sites is 2. The van der Waals surface area contributed by atoms with E-state index in [1.165, 1.54) is 49.3 Å². The van der Waals surface area contributed by atoms with E-state index in [9.17, 15) is 0 Å². The average Bonchev–Trinajstić information content (AvgIpc) is 3.29. The van der Waals surface area contributed by atoms with Crippen LogP contribution in [0.15, 0.2) is 97.1 Å². The summed E-state index contributed by atoms with van der Waals surface area (Å²) in [6.07, 6.45) is 6.59. The Balaban J connectivity index is 0.00000124. The molecule has 0 atom stereocenters. The Labute approximate surface area is 207 Å². The van der Waals surface area contributed by atoms with Crippen molar-refractivity contribution in [2.24, 2.45) is 0 Å².